The molecule has 0 bridgehead atoms. The van der Waals surface area contributed by atoms with E-state index >= 15 is 0 Å². The second-order valence-electron chi connectivity index (χ2n) is 7.34. The van der Waals surface area contributed by atoms with Crippen molar-refractivity contribution in [2.45, 2.75) is 6.54 Å². The van der Waals surface area contributed by atoms with Crippen molar-refractivity contribution in [2.24, 2.45) is 0 Å². The highest BCUT2D eigenvalue weighted by Gasteiger charge is 2.09. The molecule has 0 fully saturated rings. The number of para-hydroxylation sites is 1. The molecule has 0 aromatic heterocycles. The van der Waals surface area contributed by atoms with Crippen LogP contribution in [0.4, 0.5) is 10.5 Å². The number of amides is 2. The van der Waals surface area contributed by atoms with Crippen LogP contribution in [0.2, 0.25) is 0 Å². The lowest BCUT2D eigenvalue weighted by atomic mass is 9.95. The number of carbonyl (C=O) groups excluding carboxylic acids is 1. The highest BCUT2D eigenvalue weighted by molar-refractivity contribution is 5.89. The standard InChI is InChI=1S/C28H24N2O2/c31-25-18-15-21(16-19-25)14-17-22-8-4-6-12-26(22)27-13-7-5-9-23(27)20-29-28(32)30-24-10-2-1-3-11-24/h1-19,31H,20H2,(H2,29,30,32)/b17-14+. The van der Waals surface area contributed by atoms with E-state index < -0.39 is 0 Å². The number of phenolic OH excluding ortho intramolecular Hbond substituents is 1. The number of hydrogen-bond donors (Lipinski definition) is 3. The van der Waals surface area contributed by atoms with Gasteiger partial charge in [-0.25, -0.2) is 4.79 Å². The van der Waals surface area contributed by atoms with E-state index in [0.29, 0.717) is 6.54 Å². The minimum atomic E-state index is -0.244. The maximum atomic E-state index is 12.3. The lowest BCUT2D eigenvalue weighted by Gasteiger charge is -2.14. The predicted octanol–water partition coefficient (Wildman–Crippen LogP) is 6.55. The van der Waals surface area contributed by atoms with Crippen LogP contribution in [0.25, 0.3) is 23.3 Å². The van der Waals surface area contributed by atoms with Gasteiger partial charge in [0.25, 0.3) is 0 Å². The summed E-state index contributed by atoms with van der Waals surface area (Å²) in [5.41, 5.74) is 6.01. The quantitative estimate of drug-likeness (QED) is 0.310. The molecule has 0 aliphatic rings. The van der Waals surface area contributed by atoms with Crippen LogP contribution in [-0.4, -0.2) is 11.1 Å². The van der Waals surface area contributed by atoms with Crippen LogP contribution in [0, 0.1) is 0 Å². The van der Waals surface area contributed by atoms with E-state index in [-0.39, 0.29) is 11.8 Å². The molecular formula is C28H24N2O2. The van der Waals surface area contributed by atoms with Gasteiger partial charge in [0, 0.05) is 12.2 Å². The summed E-state index contributed by atoms with van der Waals surface area (Å²) in [7, 11) is 0. The normalized spacial score (nSPS) is 10.8. The summed E-state index contributed by atoms with van der Waals surface area (Å²) in [5, 5.41) is 15.3. The van der Waals surface area contributed by atoms with Crippen LogP contribution >= 0.6 is 0 Å². The molecule has 0 spiro atoms. The molecule has 4 nitrogen and oxygen atoms in total. The number of rotatable bonds is 6. The Hall–Kier alpha value is -4.31. The molecule has 0 aliphatic carbocycles. The number of aromatic hydroxyl groups is 1. The van der Waals surface area contributed by atoms with Gasteiger partial charge in [0.15, 0.2) is 0 Å². The van der Waals surface area contributed by atoms with Gasteiger partial charge < -0.3 is 15.7 Å². The van der Waals surface area contributed by atoms with E-state index in [1.807, 2.05) is 78.9 Å². The van der Waals surface area contributed by atoms with Crippen molar-refractivity contribution in [2.75, 3.05) is 5.32 Å². The third kappa shape index (κ3) is 5.43. The molecule has 4 aromatic carbocycles. The highest BCUT2D eigenvalue weighted by Crippen LogP contribution is 2.28. The van der Waals surface area contributed by atoms with Crippen molar-refractivity contribution in [3.63, 3.8) is 0 Å². The zero-order valence-electron chi connectivity index (χ0n) is 17.5. The SMILES string of the molecule is O=C(NCc1ccccc1-c1ccccc1/C=C/c1ccc(O)cc1)Nc1ccccc1. The lowest BCUT2D eigenvalue weighted by Crippen LogP contribution is -2.28. The number of urea groups is 1. The molecule has 0 unspecified atom stereocenters. The molecule has 0 radical (unpaired) electrons. The van der Waals surface area contributed by atoms with Crippen LogP contribution in [0.5, 0.6) is 5.75 Å². The highest BCUT2D eigenvalue weighted by atomic mass is 16.3. The van der Waals surface area contributed by atoms with Gasteiger partial charge in [0.1, 0.15) is 5.75 Å². The van der Waals surface area contributed by atoms with E-state index in [0.717, 1.165) is 33.5 Å². The fourth-order valence-corrected chi connectivity index (χ4v) is 3.47. The Labute approximate surface area is 187 Å². The zero-order valence-corrected chi connectivity index (χ0v) is 17.5. The Balaban J connectivity index is 1.53. The molecule has 0 atom stereocenters. The maximum absolute atomic E-state index is 12.3. The average molecular weight is 421 g/mol. The third-order valence-corrected chi connectivity index (χ3v) is 5.09. The summed E-state index contributed by atoms with van der Waals surface area (Å²) in [5.74, 6) is 0.250. The lowest BCUT2D eigenvalue weighted by molar-refractivity contribution is 0.252. The Bertz CT molecular complexity index is 1220. The van der Waals surface area contributed by atoms with Crippen LogP contribution in [-0.2, 0) is 6.54 Å². The van der Waals surface area contributed by atoms with E-state index in [2.05, 4.69) is 34.9 Å². The van der Waals surface area contributed by atoms with Gasteiger partial charge in [-0.15, -0.1) is 0 Å². The molecule has 0 saturated heterocycles. The molecule has 158 valence electrons. The first-order chi connectivity index (χ1) is 15.7. The minimum Gasteiger partial charge on any atom is -0.508 e. The Kier molecular flexibility index (Phi) is 6.63. The van der Waals surface area contributed by atoms with Crippen LogP contribution in [0.1, 0.15) is 16.7 Å². The van der Waals surface area contributed by atoms with Gasteiger partial charge in [-0.2, -0.15) is 0 Å². The summed E-state index contributed by atoms with van der Waals surface area (Å²) in [6.45, 7) is 0.408. The number of nitrogens with one attached hydrogen (secondary N) is 2. The van der Waals surface area contributed by atoms with Gasteiger partial charge in [-0.3, -0.25) is 0 Å². The van der Waals surface area contributed by atoms with Crippen molar-refractivity contribution in [3.8, 4) is 16.9 Å². The van der Waals surface area contributed by atoms with E-state index in [4.69, 9.17) is 0 Å². The molecule has 4 heteroatoms. The van der Waals surface area contributed by atoms with Gasteiger partial charge in [-0.1, -0.05) is 91.0 Å². The molecule has 3 N–H and O–H groups in total. The molecule has 0 heterocycles. The summed E-state index contributed by atoms with van der Waals surface area (Å²) >= 11 is 0. The van der Waals surface area contributed by atoms with Gasteiger partial charge >= 0.3 is 6.03 Å². The molecule has 32 heavy (non-hydrogen) atoms. The van der Waals surface area contributed by atoms with E-state index in [1.54, 1.807) is 12.1 Å². The van der Waals surface area contributed by atoms with Crippen molar-refractivity contribution in [1.29, 1.82) is 0 Å². The van der Waals surface area contributed by atoms with Gasteiger partial charge in [0.2, 0.25) is 0 Å². The zero-order chi connectivity index (χ0) is 22.2. The summed E-state index contributed by atoms with van der Waals surface area (Å²) in [6.07, 6.45) is 4.08. The Morgan fingerprint density at radius 3 is 2.16 bits per heavy atom. The maximum Gasteiger partial charge on any atom is 0.319 e. The van der Waals surface area contributed by atoms with E-state index in [1.165, 1.54) is 0 Å². The number of carbonyl (C=O) groups is 1. The molecule has 4 rings (SSSR count). The van der Waals surface area contributed by atoms with Crippen molar-refractivity contribution >= 4 is 23.9 Å². The molecule has 2 amide bonds. The third-order valence-electron chi connectivity index (χ3n) is 5.09. The summed E-state index contributed by atoms with van der Waals surface area (Å²) in [6, 6.07) is 32.5. The first-order valence-corrected chi connectivity index (χ1v) is 10.4. The van der Waals surface area contributed by atoms with E-state index in [9.17, 15) is 9.90 Å². The Morgan fingerprint density at radius 2 is 1.38 bits per heavy atom. The van der Waals surface area contributed by atoms with Crippen molar-refractivity contribution in [3.05, 3.63) is 120 Å². The first kappa shape index (κ1) is 20.9. The summed E-state index contributed by atoms with van der Waals surface area (Å²) < 4.78 is 0. The second kappa shape index (κ2) is 10.1. The number of hydrogen-bond acceptors (Lipinski definition) is 2. The Morgan fingerprint density at radius 1 is 0.719 bits per heavy atom. The fourth-order valence-electron chi connectivity index (χ4n) is 3.47. The minimum absolute atomic E-state index is 0.244. The average Bonchev–Trinajstić information content (AvgIpc) is 2.83. The topological polar surface area (TPSA) is 61.4 Å². The first-order valence-electron chi connectivity index (χ1n) is 10.4. The van der Waals surface area contributed by atoms with Gasteiger partial charge in [-0.05, 0) is 52.1 Å². The van der Waals surface area contributed by atoms with Crippen LogP contribution in [0.15, 0.2) is 103 Å². The summed E-state index contributed by atoms with van der Waals surface area (Å²) in [4.78, 5) is 12.3. The van der Waals surface area contributed by atoms with Crippen molar-refractivity contribution in [1.82, 2.24) is 5.32 Å². The number of phenols is 1. The predicted molar refractivity (Wildman–Crippen MR) is 131 cm³/mol. The largest absolute Gasteiger partial charge is 0.508 e. The molecule has 0 aliphatic heterocycles. The van der Waals surface area contributed by atoms with Crippen molar-refractivity contribution < 1.29 is 9.90 Å². The van der Waals surface area contributed by atoms with Gasteiger partial charge in [0.05, 0.1) is 0 Å². The van der Waals surface area contributed by atoms with Crippen LogP contribution < -0.4 is 10.6 Å². The van der Waals surface area contributed by atoms with Crippen LogP contribution in [0.3, 0.4) is 0 Å². The monoisotopic (exact) mass is 420 g/mol. The molecular weight excluding hydrogens is 396 g/mol. The molecule has 4 aromatic rings. The number of benzene rings is 4. The number of anilines is 1. The smallest absolute Gasteiger partial charge is 0.319 e. The second-order valence-corrected chi connectivity index (χ2v) is 7.34. The fraction of sp³-hybridized carbons (Fsp3) is 0.0357. The molecule has 0 saturated carbocycles.